The molecule has 1 aliphatic rings. The summed E-state index contributed by atoms with van der Waals surface area (Å²) >= 11 is 0. The predicted octanol–water partition coefficient (Wildman–Crippen LogP) is 3.84. The molecule has 6 rings (SSSR count). The third kappa shape index (κ3) is 4.36. The van der Waals surface area contributed by atoms with Crippen molar-refractivity contribution in [2.45, 2.75) is 25.0 Å². The molecule has 182 valence electrons. The van der Waals surface area contributed by atoms with Gasteiger partial charge >= 0.3 is 0 Å². The molecule has 1 aliphatic heterocycles. The molecule has 36 heavy (non-hydrogen) atoms. The Morgan fingerprint density at radius 1 is 0.944 bits per heavy atom. The maximum Gasteiger partial charge on any atom is 0.139 e. The Kier molecular flexibility index (Phi) is 5.75. The zero-order valence-electron chi connectivity index (χ0n) is 19.9. The first-order valence-corrected chi connectivity index (χ1v) is 12.2. The number of nitrogens with two attached hydrogens (primary N) is 1. The van der Waals surface area contributed by atoms with Gasteiger partial charge in [0.25, 0.3) is 0 Å². The van der Waals surface area contributed by atoms with Crippen LogP contribution in [0, 0.1) is 0 Å². The maximum absolute atomic E-state index is 10.4. The number of hydrogen-bond acceptors (Lipinski definition) is 7. The zero-order valence-corrected chi connectivity index (χ0v) is 19.9. The predicted molar refractivity (Wildman–Crippen MR) is 140 cm³/mol. The van der Waals surface area contributed by atoms with Crippen LogP contribution in [-0.2, 0) is 6.61 Å². The SMILES string of the molecule is NCC1(O)CCN(c2ccc3nc(-n4cnc5cc(OCc6ccccn6)ccc54)ccc3c2)CC1. The van der Waals surface area contributed by atoms with Crippen molar-refractivity contribution in [3.8, 4) is 11.6 Å². The minimum Gasteiger partial charge on any atom is -0.487 e. The maximum atomic E-state index is 10.4. The molecule has 2 aromatic carbocycles. The third-order valence-corrected chi connectivity index (χ3v) is 6.98. The molecule has 0 radical (unpaired) electrons. The van der Waals surface area contributed by atoms with E-state index in [1.807, 2.05) is 47.0 Å². The molecular formula is C28H28N6O2. The van der Waals surface area contributed by atoms with E-state index in [-0.39, 0.29) is 0 Å². The molecule has 0 unspecified atom stereocenters. The Labute approximate surface area is 209 Å². The smallest absolute Gasteiger partial charge is 0.139 e. The van der Waals surface area contributed by atoms with Gasteiger partial charge in [0.2, 0.25) is 0 Å². The average molecular weight is 481 g/mol. The van der Waals surface area contributed by atoms with Crippen molar-refractivity contribution in [3.05, 3.63) is 84.9 Å². The van der Waals surface area contributed by atoms with E-state index in [0.717, 1.165) is 58.0 Å². The first-order valence-electron chi connectivity index (χ1n) is 12.2. The summed E-state index contributed by atoms with van der Waals surface area (Å²) < 4.78 is 7.89. The van der Waals surface area contributed by atoms with Gasteiger partial charge in [-0.05, 0) is 67.4 Å². The van der Waals surface area contributed by atoms with Gasteiger partial charge in [-0.2, -0.15) is 0 Å². The van der Waals surface area contributed by atoms with Gasteiger partial charge in [-0.15, -0.1) is 0 Å². The molecule has 8 nitrogen and oxygen atoms in total. The Hall–Kier alpha value is -4.01. The number of ether oxygens (including phenoxy) is 1. The lowest BCUT2D eigenvalue weighted by Gasteiger charge is -2.38. The van der Waals surface area contributed by atoms with Gasteiger partial charge in [-0.3, -0.25) is 9.55 Å². The number of imidazole rings is 1. The fraction of sp³-hybridized carbons (Fsp3) is 0.250. The van der Waals surface area contributed by atoms with Crippen LogP contribution >= 0.6 is 0 Å². The minimum atomic E-state index is -0.733. The number of piperidine rings is 1. The standard InChI is InChI=1S/C28H28N6O2/c29-18-28(35)10-13-33(14-11-28)22-5-7-24-20(15-22)4-9-27(32-24)34-19-31-25-16-23(6-8-26(25)34)36-17-21-3-1-2-12-30-21/h1-9,12,15-16,19,35H,10-11,13-14,17-18,29H2. The highest BCUT2D eigenvalue weighted by molar-refractivity contribution is 5.84. The minimum absolute atomic E-state index is 0.313. The van der Waals surface area contributed by atoms with Gasteiger partial charge in [0.1, 0.15) is 24.5 Å². The van der Waals surface area contributed by atoms with Crippen LogP contribution in [0.3, 0.4) is 0 Å². The van der Waals surface area contributed by atoms with Crippen LogP contribution in [0.5, 0.6) is 5.75 Å². The van der Waals surface area contributed by atoms with Gasteiger partial charge in [0.15, 0.2) is 0 Å². The summed E-state index contributed by atoms with van der Waals surface area (Å²) in [5, 5.41) is 11.5. The van der Waals surface area contributed by atoms with Crippen molar-refractivity contribution < 1.29 is 9.84 Å². The highest BCUT2D eigenvalue weighted by Crippen LogP contribution is 2.29. The zero-order chi connectivity index (χ0) is 24.5. The first kappa shape index (κ1) is 22.5. The lowest BCUT2D eigenvalue weighted by Crippen LogP contribution is -2.48. The van der Waals surface area contributed by atoms with Crippen molar-refractivity contribution in [3.63, 3.8) is 0 Å². The summed E-state index contributed by atoms with van der Waals surface area (Å²) in [5.74, 6) is 1.56. The van der Waals surface area contributed by atoms with Gasteiger partial charge in [-0.25, -0.2) is 9.97 Å². The summed E-state index contributed by atoms with van der Waals surface area (Å²) in [7, 11) is 0. The quantitative estimate of drug-likeness (QED) is 0.381. The highest BCUT2D eigenvalue weighted by Gasteiger charge is 2.30. The van der Waals surface area contributed by atoms with Crippen molar-refractivity contribution in [2.75, 3.05) is 24.5 Å². The van der Waals surface area contributed by atoms with Gasteiger partial charge < -0.3 is 20.5 Å². The van der Waals surface area contributed by atoms with E-state index >= 15 is 0 Å². The molecule has 5 aromatic rings. The fourth-order valence-corrected chi connectivity index (χ4v) is 4.72. The van der Waals surface area contributed by atoms with Crippen molar-refractivity contribution >= 4 is 27.6 Å². The average Bonchev–Trinajstić information content (AvgIpc) is 3.36. The Balaban J connectivity index is 1.21. The van der Waals surface area contributed by atoms with Gasteiger partial charge in [0, 0.05) is 43.0 Å². The molecular weight excluding hydrogens is 452 g/mol. The summed E-state index contributed by atoms with van der Waals surface area (Å²) in [6, 6.07) is 22.1. The largest absolute Gasteiger partial charge is 0.487 e. The van der Waals surface area contributed by atoms with E-state index in [0.29, 0.717) is 26.0 Å². The number of benzene rings is 2. The summed E-state index contributed by atoms with van der Waals surface area (Å²) in [6.07, 6.45) is 4.92. The molecule has 3 aromatic heterocycles. The topological polar surface area (TPSA) is 102 Å². The second-order valence-electron chi connectivity index (χ2n) is 9.34. The Morgan fingerprint density at radius 3 is 2.64 bits per heavy atom. The Morgan fingerprint density at radius 2 is 1.83 bits per heavy atom. The van der Waals surface area contributed by atoms with Gasteiger partial charge in [0.05, 0.1) is 27.8 Å². The Bertz CT molecular complexity index is 1510. The molecule has 0 bridgehead atoms. The number of aliphatic hydroxyl groups is 1. The molecule has 4 heterocycles. The van der Waals surface area contributed by atoms with Crippen LogP contribution in [-0.4, -0.2) is 49.9 Å². The summed E-state index contributed by atoms with van der Waals surface area (Å²) in [4.78, 5) is 16.1. The van der Waals surface area contributed by atoms with E-state index in [1.54, 1.807) is 12.5 Å². The number of nitrogens with zero attached hydrogens (tertiary/aromatic N) is 5. The number of fused-ring (bicyclic) bond motifs is 2. The summed E-state index contributed by atoms with van der Waals surface area (Å²) in [6.45, 7) is 2.30. The van der Waals surface area contributed by atoms with Crippen LogP contribution in [0.1, 0.15) is 18.5 Å². The molecule has 0 amide bonds. The second-order valence-corrected chi connectivity index (χ2v) is 9.34. The van der Waals surface area contributed by atoms with Crippen LogP contribution in [0.25, 0.3) is 27.8 Å². The number of anilines is 1. The molecule has 1 fully saturated rings. The summed E-state index contributed by atoms with van der Waals surface area (Å²) in [5.41, 5.74) is 9.75. The number of pyridine rings is 2. The monoisotopic (exact) mass is 480 g/mol. The molecule has 0 spiro atoms. The molecule has 0 atom stereocenters. The van der Waals surface area contributed by atoms with Gasteiger partial charge in [-0.1, -0.05) is 6.07 Å². The molecule has 8 heteroatoms. The lowest BCUT2D eigenvalue weighted by atomic mass is 9.91. The fourth-order valence-electron chi connectivity index (χ4n) is 4.72. The number of aromatic nitrogens is 4. The molecule has 3 N–H and O–H groups in total. The van der Waals surface area contributed by atoms with Crippen LogP contribution in [0.15, 0.2) is 79.3 Å². The molecule has 0 saturated carbocycles. The highest BCUT2D eigenvalue weighted by atomic mass is 16.5. The van der Waals surface area contributed by atoms with Crippen molar-refractivity contribution in [2.24, 2.45) is 5.73 Å². The van der Waals surface area contributed by atoms with Crippen LogP contribution in [0.2, 0.25) is 0 Å². The number of hydrogen-bond donors (Lipinski definition) is 2. The van der Waals surface area contributed by atoms with E-state index in [4.69, 9.17) is 15.5 Å². The van der Waals surface area contributed by atoms with E-state index < -0.39 is 5.60 Å². The molecule has 0 aliphatic carbocycles. The first-order chi connectivity index (χ1) is 17.6. The second kappa shape index (κ2) is 9.22. The lowest BCUT2D eigenvalue weighted by molar-refractivity contribution is 0.0250. The van der Waals surface area contributed by atoms with E-state index in [2.05, 4.69) is 39.1 Å². The van der Waals surface area contributed by atoms with E-state index in [9.17, 15) is 5.11 Å². The molecule has 1 saturated heterocycles. The third-order valence-electron chi connectivity index (χ3n) is 6.98. The van der Waals surface area contributed by atoms with Crippen molar-refractivity contribution in [1.82, 2.24) is 19.5 Å². The van der Waals surface area contributed by atoms with Crippen molar-refractivity contribution in [1.29, 1.82) is 0 Å². The van der Waals surface area contributed by atoms with Crippen LogP contribution in [0.4, 0.5) is 5.69 Å². The van der Waals surface area contributed by atoms with E-state index in [1.165, 1.54) is 0 Å². The normalized spacial score (nSPS) is 15.4. The van der Waals surface area contributed by atoms with Crippen LogP contribution < -0.4 is 15.4 Å². The number of rotatable bonds is 6.